The van der Waals surface area contributed by atoms with Crippen molar-refractivity contribution in [3.8, 4) is 0 Å². The second kappa shape index (κ2) is 7.59. The zero-order valence-corrected chi connectivity index (χ0v) is 16.8. The van der Waals surface area contributed by atoms with Gasteiger partial charge in [0.2, 0.25) is 5.91 Å². The summed E-state index contributed by atoms with van der Waals surface area (Å²) in [6, 6.07) is 25.9. The SMILES string of the molecule is O=C1[C@H]2[C@@H](c3ccc(Cl)cc3)N(c3ccccc3)O[C@H]2C(=O)N1Cc1ccccc1. The molecule has 3 aromatic carbocycles. The summed E-state index contributed by atoms with van der Waals surface area (Å²) in [4.78, 5) is 34.0. The van der Waals surface area contributed by atoms with Crippen molar-refractivity contribution in [1.82, 2.24) is 4.90 Å². The smallest absolute Gasteiger partial charge is 0.262 e. The topological polar surface area (TPSA) is 49.9 Å². The summed E-state index contributed by atoms with van der Waals surface area (Å²) in [7, 11) is 0. The third-order valence-electron chi connectivity index (χ3n) is 5.61. The molecule has 0 N–H and O–H groups in total. The van der Waals surface area contributed by atoms with Crippen LogP contribution in [-0.4, -0.2) is 22.8 Å². The number of anilines is 1. The maximum atomic E-state index is 13.4. The van der Waals surface area contributed by atoms with E-state index in [-0.39, 0.29) is 18.4 Å². The summed E-state index contributed by atoms with van der Waals surface area (Å²) in [5.74, 6) is -1.14. The fourth-order valence-corrected chi connectivity index (χ4v) is 4.32. The van der Waals surface area contributed by atoms with Crippen molar-refractivity contribution in [2.24, 2.45) is 5.92 Å². The number of carbonyl (C=O) groups excluding carboxylic acids is 2. The Hall–Kier alpha value is -3.15. The molecule has 2 aliphatic rings. The Kier molecular flexibility index (Phi) is 4.77. The maximum Gasteiger partial charge on any atom is 0.262 e. The predicted octanol–water partition coefficient (Wildman–Crippen LogP) is 4.39. The van der Waals surface area contributed by atoms with Crippen LogP contribution in [0.5, 0.6) is 0 Å². The predicted molar refractivity (Wildman–Crippen MR) is 113 cm³/mol. The molecule has 5 nitrogen and oxygen atoms in total. The molecule has 30 heavy (non-hydrogen) atoms. The van der Waals surface area contributed by atoms with Gasteiger partial charge in [-0.25, -0.2) is 5.06 Å². The van der Waals surface area contributed by atoms with Gasteiger partial charge in [0.25, 0.3) is 5.91 Å². The highest BCUT2D eigenvalue weighted by Gasteiger charge is 2.59. The molecular formula is C24H19ClN2O3. The van der Waals surface area contributed by atoms with Crippen molar-refractivity contribution >= 4 is 29.1 Å². The number of halogens is 1. The van der Waals surface area contributed by atoms with Crippen LogP contribution < -0.4 is 5.06 Å². The van der Waals surface area contributed by atoms with Crippen molar-refractivity contribution in [2.75, 3.05) is 5.06 Å². The number of benzene rings is 3. The lowest BCUT2D eigenvalue weighted by atomic mass is 9.90. The van der Waals surface area contributed by atoms with E-state index in [1.165, 1.54) is 4.90 Å². The molecule has 0 spiro atoms. The van der Waals surface area contributed by atoms with E-state index in [1.54, 1.807) is 17.2 Å². The van der Waals surface area contributed by atoms with Gasteiger partial charge in [-0.05, 0) is 35.4 Å². The first-order chi connectivity index (χ1) is 14.6. The van der Waals surface area contributed by atoms with Gasteiger partial charge in [-0.15, -0.1) is 0 Å². The second-order valence-corrected chi connectivity index (χ2v) is 7.89. The van der Waals surface area contributed by atoms with Crippen LogP contribution in [0.1, 0.15) is 17.2 Å². The van der Waals surface area contributed by atoms with Gasteiger partial charge < -0.3 is 0 Å². The zero-order chi connectivity index (χ0) is 20.7. The van der Waals surface area contributed by atoms with Gasteiger partial charge in [0.05, 0.1) is 18.3 Å². The molecule has 0 unspecified atom stereocenters. The highest BCUT2D eigenvalue weighted by atomic mass is 35.5. The Morgan fingerprint density at radius 2 is 1.43 bits per heavy atom. The first-order valence-corrected chi connectivity index (χ1v) is 10.2. The standard InChI is InChI=1S/C24H19ClN2O3/c25-18-13-11-17(12-14-18)21-20-22(30-27(21)19-9-5-2-6-10-19)24(29)26(23(20)28)15-16-7-3-1-4-8-16/h1-14,20-22H,15H2/t20-,21+,22+/m0/s1. The van der Waals surface area contributed by atoms with Gasteiger partial charge in [0.1, 0.15) is 5.92 Å². The van der Waals surface area contributed by atoms with Crippen LogP contribution in [0.3, 0.4) is 0 Å². The number of rotatable bonds is 4. The molecule has 0 radical (unpaired) electrons. The first kappa shape index (κ1) is 18.9. The van der Waals surface area contributed by atoms with Crippen LogP contribution in [0.15, 0.2) is 84.9 Å². The molecule has 150 valence electrons. The molecule has 0 saturated carbocycles. The molecule has 6 heteroatoms. The summed E-state index contributed by atoms with van der Waals surface area (Å²) >= 11 is 6.07. The number of hydrogen-bond donors (Lipinski definition) is 0. The van der Waals surface area contributed by atoms with Crippen LogP contribution in [0.4, 0.5) is 5.69 Å². The van der Waals surface area contributed by atoms with Crippen LogP contribution in [-0.2, 0) is 21.0 Å². The lowest BCUT2D eigenvalue weighted by Crippen LogP contribution is -2.36. The monoisotopic (exact) mass is 418 g/mol. The van der Waals surface area contributed by atoms with Gasteiger partial charge in [0, 0.05) is 5.02 Å². The van der Waals surface area contributed by atoms with Crippen LogP contribution in [0, 0.1) is 5.92 Å². The van der Waals surface area contributed by atoms with Gasteiger partial charge in [-0.3, -0.25) is 19.3 Å². The van der Waals surface area contributed by atoms with Crippen molar-refractivity contribution in [3.63, 3.8) is 0 Å². The average Bonchev–Trinajstić information content (AvgIpc) is 3.28. The van der Waals surface area contributed by atoms with Gasteiger partial charge in [-0.1, -0.05) is 72.3 Å². The number of hydrogen-bond acceptors (Lipinski definition) is 4. The van der Waals surface area contributed by atoms with Gasteiger partial charge in [-0.2, -0.15) is 0 Å². The highest BCUT2D eigenvalue weighted by Crippen LogP contribution is 2.47. The number of fused-ring (bicyclic) bond motifs is 1. The normalized spacial score (nSPS) is 23.2. The Bertz CT molecular complexity index is 1070. The average molecular weight is 419 g/mol. The Labute approximate surface area is 179 Å². The molecule has 0 aromatic heterocycles. The molecule has 3 aromatic rings. The van der Waals surface area contributed by atoms with Gasteiger partial charge in [0.15, 0.2) is 6.10 Å². The van der Waals surface area contributed by atoms with Crippen molar-refractivity contribution in [3.05, 3.63) is 101 Å². The van der Waals surface area contributed by atoms with Gasteiger partial charge >= 0.3 is 0 Å². The molecule has 0 aliphatic carbocycles. The van der Waals surface area contributed by atoms with Crippen molar-refractivity contribution in [2.45, 2.75) is 18.7 Å². The first-order valence-electron chi connectivity index (χ1n) is 9.79. The van der Waals surface area contributed by atoms with Crippen molar-refractivity contribution < 1.29 is 14.4 Å². The van der Waals surface area contributed by atoms with E-state index in [1.807, 2.05) is 72.8 Å². The minimum absolute atomic E-state index is 0.216. The Balaban J connectivity index is 1.52. The largest absolute Gasteiger partial charge is 0.275 e. The van der Waals surface area contributed by atoms with E-state index < -0.39 is 18.1 Å². The van der Waals surface area contributed by atoms with E-state index in [0.29, 0.717) is 5.02 Å². The molecular weight excluding hydrogens is 400 g/mol. The number of carbonyl (C=O) groups is 2. The molecule has 2 saturated heterocycles. The molecule has 0 bridgehead atoms. The van der Waals surface area contributed by atoms with E-state index in [9.17, 15) is 9.59 Å². The minimum atomic E-state index is -0.845. The maximum absolute atomic E-state index is 13.4. The summed E-state index contributed by atoms with van der Waals surface area (Å²) in [5, 5.41) is 2.30. The van der Waals surface area contributed by atoms with Crippen LogP contribution in [0.2, 0.25) is 5.02 Å². The number of para-hydroxylation sites is 1. The number of imide groups is 1. The van der Waals surface area contributed by atoms with E-state index in [2.05, 4.69) is 0 Å². The number of likely N-dealkylation sites (tertiary alicyclic amines) is 1. The fourth-order valence-electron chi connectivity index (χ4n) is 4.19. The van der Waals surface area contributed by atoms with Crippen LogP contribution >= 0.6 is 11.6 Å². The van der Waals surface area contributed by atoms with E-state index >= 15 is 0 Å². The third kappa shape index (κ3) is 3.16. The zero-order valence-electron chi connectivity index (χ0n) is 16.0. The quantitative estimate of drug-likeness (QED) is 0.590. The van der Waals surface area contributed by atoms with Crippen LogP contribution in [0.25, 0.3) is 0 Å². The Morgan fingerprint density at radius 1 is 0.800 bits per heavy atom. The number of nitrogens with zero attached hydrogens (tertiary/aromatic N) is 2. The molecule has 2 fully saturated rings. The molecule has 2 aliphatic heterocycles. The second-order valence-electron chi connectivity index (χ2n) is 7.46. The highest BCUT2D eigenvalue weighted by molar-refractivity contribution is 6.30. The van der Waals surface area contributed by atoms with Crippen molar-refractivity contribution in [1.29, 1.82) is 0 Å². The molecule has 3 atom stereocenters. The fraction of sp³-hybridized carbons (Fsp3) is 0.167. The number of amides is 2. The Morgan fingerprint density at radius 3 is 2.10 bits per heavy atom. The summed E-state index contributed by atoms with van der Waals surface area (Å²) in [6.07, 6.45) is -0.845. The third-order valence-corrected chi connectivity index (χ3v) is 5.86. The number of hydroxylamine groups is 1. The van der Waals surface area contributed by atoms with E-state index in [4.69, 9.17) is 16.4 Å². The summed E-state index contributed by atoms with van der Waals surface area (Å²) in [5.41, 5.74) is 2.57. The minimum Gasteiger partial charge on any atom is -0.275 e. The lowest BCUT2D eigenvalue weighted by molar-refractivity contribution is -0.143. The molecule has 2 amide bonds. The molecule has 5 rings (SSSR count). The summed E-state index contributed by atoms with van der Waals surface area (Å²) < 4.78 is 0. The van der Waals surface area contributed by atoms with E-state index in [0.717, 1.165) is 16.8 Å². The summed E-state index contributed by atoms with van der Waals surface area (Å²) in [6.45, 7) is 0.244. The molecule has 2 heterocycles. The lowest BCUT2D eigenvalue weighted by Gasteiger charge is -2.28.